The fraction of sp³-hybridized carbons (Fsp3) is 0.577. The predicted molar refractivity (Wildman–Crippen MR) is 251 cm³/mol. The fourth-order valence-corrected chi connectivity index (χ4v) is 5.90. The summed E-state index contributed by atoms with van der Waals surface area (Å²) in [5.41, 5.74) is 1.50. The number of halogens is 1. The Labute approximate surface area is 374 Å². The van der Waals surface area contributed by atoms with Gasteiger partial charge in [0.1, 0.15) is 17.0 Å². The lowest BCUT2D eigenvalue weighted by atomic mass is 9.79. The quantitative estimate of drug-likeness (QED) is 0.0896. The molecule has 1 atom stereocenters. The second-order valence-electron chi connectivity index (χ2n) is 19.1. The predicted octanol–water partition coefficient (Wildman–Crippen LogP) is 13.7. The Hall–Kier alpha value is -4.01. The van der Waals surface area contributed by atoms with Gasteiger partial charge in [0.15, 0.2) is 5.60 Å². The van der Waals surface area contributed by atoms with Crippen LogP contribution in [-0.4, -0.2) is 47.1 Å². The molecule has 1 unspecified atom stereocenters. The maximum atomic E-state index is 13.2. The topological polar surface area (TPSA) is 105 Å². The monoisotopic (exact) mass is 867 g/mol. The van der Waals surface area contributed by atoms with Gasteiger partial charge in [0.2, 0.25) is 0 Å². The van der Waals surface area contributed by atoms with E-state index in [1.807, 2.05) is 107 Å². The van der Waals surface area contributed by atoms with Crippen LogP contribution in [0.5, 0.6) is 0 Å². The summed E-state index contributed by atoms with van der Waals surface area (Å²) < 4.78 is 21.9. The lowest BCUT2D eigenvalue weighted by molar-refractivity contribution is -0.161. The van der Waals surface area contributed by atoms with Crippen molar-refractivity contribution in [3.8, 4) is 0 Å². The molecule has 0 saturated heterocycles. The minimum atomic E-state index is -1.28. The molecule has 3 aromatic carbocycles. The zero-order valence-corrected chi connectivity index (χ0v) is 41.3. The van der Waals surface area contributed by atoms with Crippen molar-refractivity contribution in [3.05, 3.63) is 106 Å². The molecule has 0 amide bonds. The first-order chi connectivity index (χ1) is 28.1. The first-order valence-corrected chi connectivity index (χ1v) is 22.2. The first kappa shape index (κ1) is 57.0. The van der Waals surface area contributed by atoms with Crippen molar-refractivity contribution in [2.24, 2.45) is 5.41 Å². The van der Waals surface area contributed by atoms with Gasteiger partial charge in [-0.1, -0.05) is 137 Å². The summed E-state index contributed by atoms with van der Waals surface area (Å²) >= 11 is 6.66. The average molecular weight is 868 g/mol. The van der Waals surface area contributed by atoms with Crippen LogP contribution in [0.25, 0.3) is 0 Å². The number of ketones is 1. The highest BCUT2D eigenvalue weighted by atomic mass is 35.5. The number of carbonyl (C=O) groups is 4. The number of benzene rings is 3. The molecule has 0 aliphatic rings. The molecule has 0 spiro atoms. The van der Waals surface area contributed by atoms with E-state index in [2.05, 4.69) is 48.5 Å². The van der Waals surface area contributed by atoms with Gasteiger partial charge in [0.05, 0.1) is 24.9 Å². The number of hydrogen-bond acceptors (Lipinski definition) is 8. The minimum absolute atomic E-state index is 0.0503. The van der Waals surface area contributed by atoms with E-state index in [1.165, 1.54) is 19.3 Å². The normalized spacial score (nSPS) is 12.4. The summed E-state index contributed by atoms with van der Waals surface area (Å²) in [5.74, 6) is -1.16. The molecule has 0 radical (unpaired) electrons. The smallest absolute Gasteiger partial charge is 0.307 e. The molecule has 0 heterocycles. The Balaban J connectivity index is 0.00000105. The second-order valence-corrected chi connectivity index (χ2v) is 19.5. The van der Waals surface area contributed by atoms with Gasteiger partial charge in [-0.25, -0.2) is 0 Å². The van der Waals surface area contributed by atoms with Gasteiger partial charge in [0, 0.05) is 41.2 Å². The Morgan fingerprint density at radius 1 is 0.541 bits per heavy atom. The van der Waals surface area contributed by atoms with E-state index in [1.54, 1.807) is 33.8 Å². The summed E-state index contributed by atoms with van der Waals surface area (Å²) in [5, 5.41) is 0.474. The third-order valence-electron chi connectivity index (χ3n) is 8.39. The summed E-state index contributed by atoms with van der Waals surface area (Å²) in [4.78, 5) is 47.3. The van der Waals surface area contributed by atoms with Crippen LogP contribution in [0.1, 0.15) is 177 Å². The Bertz CT molecular complexity index is 1720. The van der Waals surface area contributed by atoms with E-state index in [0.29, 0.717) is 28.8 Å². The summed E-state index contributed by atoms with van der Waals surface area (Å²) in [7, 11) is 0. The van der Waals surface area contributed by atoms with Crippen LogP contribution in [0, 0.1) is 12.3 Å². The largest absolute Gasteiger partial charge is 0.460 e. The minimum Gasteiger partial charge on any atom is -0.460 e. The molecule has 3 rings (SSSR count). The van der Waals surface area contributed by atoms with Crippen LogP contribution in [0.3, 0.4) is 0 Å². The third-order valence-corrected chi connectivity index (χ3v) is 8.72. The number of hydrogen-bond donors (Lipinski definition) is 0. The SMILES string of the molecule is CCC(=O)CCC(=O)OC(C)(C)C.CCCCC(C)(C)C.CCOC(C)(C)C.Cc1ccc(C(OC(=O)CCC(=O)OC(C)(C)C)(c2ccccc2)c2ccccc2Cl)cc1. The number of Topliss-reactive ketones (excluding diaryl/α,β-unsaturated/α-hetero) is 1. The molecule has 9 heteroatoms. The zero-order chi connectivity index (χ0) is 47.1. The van der Waals surface area contributed by atoms with Crippen molar-refractivity contribution >= 4 is 35.3 Å². The third kappa shape index (κ3) is 26.2. The number of carbonyl (C=O) groups excluding carboxylic acids is 4. The summed E-state index contributed by atoms with van der Waals surface area (Å²) in [6.45, 7) is 32.7. The van der Waals surface area contributed by atoms with Gasteiger partial charge in [0.25, 0.3) is 0 Å². The Morgan fingerprint density at radius 2 is 0.984 bits per heavy atom. The van der Waals surface area contributed by atoms with Crippen LogP contribution in [0.4, 0.5) is 0 Å². The number of esters is 3. The van der Waals surface area contributed by atoms with E-state index in [0.717, 1.165) is 23.3 Å². The molecular formula is C52H79ClO8. The summed E-state index contributed by atoms with van der Waals surface area (Å²) in [6.07, 6.45) is 4.87. The lowest BCUT2D eigenvalue weighted by Crippen LogP contribution is -2.36. The molecular weight excluding hydrogens is 788 g/mol. The van der Waals surface area contributed by atoms with Gasteiger partial charge in [-0.2, -0.15) is 0 Å². The molecule has 0 saturated carbocycles. The van der Waals surface area contributed by atoms with Crippen LogP contribution < -0.4 is 0 Å². The second kappa shape index (κ2) is 27.1. The van der Waals surface area contributed by atoms with Crippen LogP contribution in [0.2, 0.25) is 5.02 Å². The maximum Gasteiger partial charge on any atom is 0.307 e. The number of ether oxygens (including phenoxy) is 4. The van der Waals surface area contributed by atoms with Crippen LogP contribution in [-0.2, 0) is 43.7 Å². The van der Waals surface area contributed by atoms with Gasteiger partial charge >= 0.3 is 17.9 Å². The van der Waals surface area contributed by atoms with Crippen molar-refractivity contribution in [1.29, 1.82) is 0 Å². The molecule has 342 valence electrons. The number of aryl methyl sites for hydroxylation is 1. The van der Waals surface area contributed by atoms with Crippen LogP contribution >= 0.6 is 11.6 Å². The average Bonchev–Trinajstić information content (AvgIpc) is 3.14. The fourth-order valence-electron chi connectivity index (χ4n) is 5.63. The molecule has 0 bridgehead atoms. The molecule has 0 aliphatic carbocycles. The Morgan fingerprint density at radius 3 is 1.36 bits per heavy atom. The van der Waals surface area contributed by atoms with Crippen molar-refractivity contribution in [1.82, 2.24) is 0 Å². The van der Waals surface area contributed by atoms with Gasteiger partial charge in [-0.3, -0.25) is 19.2 Å². The molecule has 0 aromatic heterocycles. The first-order valence-electron chi connectivity index (χ1n) is 21.8. The number of rotatable bonds is 14. The van der Waals surface area contributed by atoms with E-state index in [-0.39, 0.29) is 36.6 Å². The van der Waals surface area contributed by atoms with Crippen molar-refractivity contribution in [2.75, 3.05) is 6.61 Å². The van der Waals surface area contributed by atoms with Crippen LogP contribution in [0.15, 0.2) is 78.9 Å². The van der Waals surface area contributed by atoms with Crippen molar-refractivity contribution in [2.45, 2.75) is 185 Å². The summed E-state index contributed by atoms with van der Waals surface area (Å²) in [6, 6.07) is 24.6. The van der Waals surface area contributed by atoms with E-state index < -0.39 is 28.7 Å². The maximum absolute atomic E-state index is 13.2. The number of unbranched alkanes of at least 4 members (excludes halogenated alkanes) is 1. The highest BCUT2D eigenvalue weighted by Gasteiger charge is 2.42. The van der Waals surface area contributed by atoms with Crippen molar-refractivity contribution in [3.63, 3.8) is 0 Å². The van der Waals surface area contributed by atoms with E-state index >= 15 is 0 Å². The molecule has 0 aliphatic heterocycles. The molecule has 0 N–H and O–H groups in total. The standard InChI is InChI=1S/C28H29ClO4.C10H18O3.C8H18.C6H14O/c1-20-14-16-22(17-15-20)28(21-10-6-5-7-11-21,23-12-8-9-13-24(23)29)33-26(31)19-18-25(30)32-27(2,3)4;1-5-8(11)6-7-9(12)13-10(2,3)4;1-5-6-7-8(2,3)4;1-5-7-6(2,3)4/h5-17H,18-19H2,1-4H3;5-7H2,1-4H3;5-7H2,1-4H3;5H2,1-4H3. The molecule has 8 nitrogen and oxygen atoms in total. The molecule has 0 fully saturated rings. The Kier molecular flexibility index (Phi) is 25.4. The molecule has 3 aromatic rings. The highest BCUT2D eigenvalue weighted by Crippen LogP contribution is 2.44. The zero-order valence-electron chi connectivity index (χ0n) is 40.5. The van der Waals surface area contributed by atoms with E-state index in [4.69, 9.17) is 30.5 Å². The van der Waals surface area contributed by atoms with Crippen molar-refractivity contribution < 1.29 is 38.1 Å². The van der Waals surface area contributed by atoms with E-state index in [9.17, 15) is 19.2 Å². The molecule has 61 heavy (non-hydrogen) atoms. The van der Waals surface area contributed by atoms with Gasteiger partial charge in [-0.05, 0) is 94.1 Å². The lowest BCUT2D eigenvalue weighted by Gasteiger charge is -2.36. The highest BCUT2D eigenvalue weighted by molar-refractivity contribution is 6.31. The van der Waals surface area contributed by atoms with Gasteiger partial charge in [-0.15, -0.1) is 0 Å². The van der Waals surface area contributed by atoms with Gasteiger partial charge < -0.3 is 18.9 Å².